The van der Waals surface area contributed by atoms with E-state index in [0.717, 1.165) is 21.4 Å². The standard InChI is InChI=1S/C13H14BrN3/c1-8-7-12(17-13(16-8)9(2)15)10-5-3-4-6-11(10)14/h3-7,9H,15H2,1-2H3. The second-order valence-corrected chi connectivity index (χ2v) is 4.88. The molecule has 0 radical (unpaired) electrons. The Labute approximate surface area is 109 Å². The highest BCUT2D eigenvalue weighted by molar-refractivity contribution is 9.10. The van der Waals surface area contributed by atoms with Crippen molar-refractivity contribution >= 4 is 15.9 Å². The Hall–Kier alpha value is -1.26. The van der Waals surface area contributed by atoms with Crippen molar-refractivity contribution in [1.82, 2.24) is 9.97 Å². The lowest BCUT2D eigenvalue weighted by Gasteiger charge is -2.09. The third-order valence-electron chi connectivity index (χ3n) is 2.43. The molecule has 0 bridgehead atoms. The summed E-state index contributed by atoms with van der Waals surface area (Å²) >= 11 is 3.53. The van der Waals surface area contributed by atoms with Gasteiger partial charge in [-0.2, -0.15) is 0 Å². The molecule has 1 aromatic heterocycles. The van der Waals surface area contributed by atoms with Gasteiger partial charge in [-0.1, -0.05) is 34.1 Å². The van der Waals surface area contributed by atoms with Crippen molar-refractivity contribution in [2.45, 2.75) is 19.9 Å². The van der Waals surface area contributed by atoms with Crippen LogP contribution in [0.2, 0.25) is 0 Å². The molecule has 0 aliphatic carbocycles. The van der Waals surface area contributed by atoms with Gasteiger partial charge in [0.05, 0.1) is 11.7 Å². The van der Waals surface area contributed by atoms with Crippen LogP contribution in [0.3, 0.4) is 0 Å². The van der Waals surface area contributed by atoms with Crippen LogP contribution in [-0.4, -0.2) is 9.97 Å². The quantitative estimate of drug-likeness (QED) is 0.924. The molecule has 0 fully saturated rings. The summed E-state index contributed by atoms with van der Waals surface area (Å²) in [6.07, 6.45) is 0. The summed E-state index contributed by atoms with van der Waals surface area (Å²) in [5.41, 5.74) is 8.72. The molecule has 2 rings (SSSR count). The van der Waals surface area contributed by atoms with Crippen molar-refractivity contribution < 1.29 is 0 Å². The van der Waals surface area contributed by atoms with E-state index in [1.165, 1.54) is 0 Å². The van der Waals surface area contributed by atoms with Crippen LogP contribution in [0.15, 0.2) is 34.8 Å². The smallest absolute Gasteiger partial charge is 0.145 e. The number of hydrogen-bond donors (Lipinski definition) is 1. The molecule has 1 heterocycles. The maximum absolute atomic E-state index is 5.83. The van der Waals surface area contributed by atoms with Crippen molar-refractivity contribution in [3.05, 3.63) is 46.3 Å². The fraction of sp³-hybridized carbons (Fsp3) is 0.231. The number of nitrogens with two attached hydrogens (primary N) is 1. The van der Waals surface area contributed by atoms with Gasteiger partial charge in [0, 0.05) is 15.7 Å². The van der Waals surface area contributed by atoms with Gasteiger partial charge in [0.2, 0.25) is 0 Å². The molecule has 0 saturated carbocycles. The molecule has 1 unspecified atom stereocenters. The van der Waals surface area contributed by atoms with Crippen molar-refractivity contribution in [2.75, 3.05) is 0 Å². The van der Waals surface area contributed by atoms with Crippen LogP contribution in [0.5, 0.6) is 0 Å². The van der Waals surface area contributed by atoms with E-state index < -0.39 is 0 Å². The first-order valence-corrected chi connectivity index (χ1v) is 6.23. The number of aromatic nitrogens is 2. The van der Waals surface area contributed by atoms with Gasteiger partial charge < -0.3 is 5.73 Å². The molecule has 2 aromatic rings. The molecule has 0 aliphatic rings. The topological polar surface area (TPSA) is 51.8 Å². The molecular weight excluding hydrogens is 278 g/mol. The van der Waals surface area contributed by atoms with Crippen LogP contribution in [0.4, 0.5) is 0 Å². The highest BCUT2D eigenvalue weighted by Gasteiger charge is 2.09. The summed E-state index contributed by atoms with van der Waals surface area (Å²) in [5.74, 6) is 0.677. The van der Waals surface area contributed by atoms with Crippen molar-refractivity contribution in [2.24, 2.45) is 5.73 Å². The van der Waals surface area contributed by atoms with Gasteiger partial charge in [-0.15, -0.1) is 0 Å². The molecule has 0 saturated heterocycles. The molecule has 17 heavy (non-hydrogen) atoms. The second-order valence-electron chi connectivity index (χ2n) is 4.02. The average molecular weight is 292 g/mol. The first-order chi connectivity index (χ1) is 8.08. The third kappa shape index (κ3) is 2.70. The minimum atomic E-state index is -0.156. The molecule has 88 valence electrons. The molecule has 2 N–H and O–H groups in total. The summed E-state index contributed by atoms with van der Waals surface area (Å²) in [4.78, 5) is 8.84. The fourth-order valence-electron chi connectivity index (χ4n) is 1.60. The van der Waals surface area contributed by atoms with Gasteiger partial charge in [0.1, 0.15) is 5.82 Å². The van der Waals surface area contributed by atoms with Gasteiger partial charge in [-0.3, -0.25) is 0 Å². The lowest BCUT2D eigenvalue weighted by Crippen LogP contribution is -2.11. The van der Waals surface area contributed by atoms with Crippen LogP contribution < -0.4 is 5.73 Å². The van der Waals surface area contributed by atoms with Crippen LogP contribution in [0.1, 0.15) is 24.5 Å². The van der Waals surface area contributed by atoms with E-state index in [2.05, 4.69) is 25.9 Å². The number of aryl methyl sites for hydroxylation is 1. The zero-order chi connectivity index (χ0) is 12.4. The lowest BCUT2D eigenvalue weighted by molar-refractivity contribution is 0.735. The van der Waals surface area contributed by atoms with E-state index >= 15 is 0 Å². The van der Waals surface area contributed by atoms with Crippen molar-refractivity contribution in [1.29, 1.82) is 0 Å². The molecule has 0 spiro atoms. The zero-order valence-electron chi connectivity index (χ0n) is 9.81. The summed E-state index contributed by atoms with van der Waals surface area (Å²) in [6.45, 7) is 3.84. The Morgan fingerprint density at radius 1 is 1.24 bits per heavy atom. The van der Waals surface area contributed by atoms with E-state index in [0.29, 0.717) is 5.82 Å². The predicted octanol–water partition coefficient (Wildman–Crippen LogP) is 3.23. The average Bonchev–Trinajstić information content (AvgIpc) is 2.28. The second kappa shape index (κ2) is 4.94. The maximum atomic E-state index is 5.83. The summed E-state index contributed by atoms with van der Waals surface area (Å²) < 4.78 is 1.02. The molecule has 3 nitrogen and oxygen atoms in total. The van der Waals surface area contributed by atoms with Gasteiger partial charge in [0.25, 0.3) is 0 Å². The number of nitrogens with zero attached hydrogens (tertiary/aromatic N) is 2. The summed E-state index contributed by atoms with van der Waals surface area (Å²) in [5, 5.41) is 0. The largest absolute Gasteiger partial charge is 0.322 e. The predicted molar refractivity (Wildman–Crippen MR) is 72.5 cm³/mol. The van der Waals surface area contributed by atoms with E-state index in [1.54, 1.807) is 0 Å². The molecule has 0 aliphatic heterocycles. The number of halogens is 1. The minimum Gasteiger partial charge on any atom is -0.322 e. The number of hydrogen-bond acceptors (Lipinski definition) is 3. The normalized spacial score (nSPS) is 12.5. The monoisotopic (exact) mass is 291 g/mol. The Morgan fingerprint density at radius 2 is 1.94 bits per heavy atom. The van der Waals surface area contributed by atoms with Crippen molar-refractivity contribution in [3.63, 3.8) is 0 Å². The zero-order valence-corrected chi connectivity index (χ0v) is 11.4. The van der Waals surface area contributed by atoms with Gasteiger partial charge in [-0.05, 0) is 26.0 Å². The van der Waals surface area contributed by atoms with Gasteiger partial charge in [-0.25, -0.2) is 9.97 Å². The van der Waals surface area contributed by atoms with Crippen LogP contribution in [-0.2, 0) is 0 Å². The Balaban J connectivity index is 2.56. The number of benzene rings is 1. The minimum absolute atomic E-state index is 0.156. The van der Waals surface area contributed by atoms with E-state index in [1.807, 2.05) is 44.2 Å². The lowest BCUT2D eigenvalue weighted by atomic mass is 10.1. The Kier molecular flexibility index (Phi) is 3.54. The number of rotatable bonds is 2. The van der Waals surface area contributed by atoms with Crippen LogP contribution in [0, 0.1) is 6.92 Å². The van der Waals surface area contributed by atoms with Crippen LogP contribution in [0.25, 0.3) is 11.3 Å². The highest BCUT2D eigenvalue weighted by atomic mass is 79.9. The first-order valence-electron chi connectivity index (χ1n) is 5.44. The Bertz CT molecular complexity index is 538. The van der Waals surface area contributed by atoms with E-state index in [9.17, 15) is 0 Å². The van der Waals surface area contributed by atoms with E-state index in [4.69, 9.17) is 5.73 Å². The van der Waals surface area contributed by atoms with Gasteiger partial charge in [0.15, 0.2) is 0 Å². The SMILES string of the molecule is Cc1cc(-c2ccccc2Br)nc(C(C)N)n1. The maximum Gasteiger partial charge on any atom is 0.145 e. The first kappa shape index (κ1) is 12.2. The molecule has 1 atom stereocenters. The molecule has 4 heteroatoms. The Morgan fingerprint density at radius 3 is 2.59 bits per heavy atom. The molecular formula is C13H14BrN3. The summed E-state index contributed by atoms with van der Waals surface area (Å²) in [7, 11) is 0. The van der Waals surface area contributed by atoms with Crippen LogP contribution >= 0.6 is 15.9 Å². The third-order valence-corrected chi connectivity index (χ3v) is 3.12. The van der Waals surface area contributed by atoms with E-state index in [-0.39, 0.29) is 6.04 Å². The van der Waals surface area contributed by atoms with Crippen molar-refractivity contribution in [3.8, 4) is 11.3 Å². The fourth-order valence-corrected chi connectivity index (χ4v) is 2.09. The molecule has 0 amide bonds. The molecule has 1 aromatic carbocycles. The summed E-state index contributed by atoms with van der Waals surface area (Å²) in [6, 6.07) is 9.80. The van der Waals surface area contributed by atoms with Gasteiger partial charge >= 0.3 is 0 Å². The highest BCUT2D eigenvalue weighted by Crippen LogP contribution is 2.27.